The highest BCUT2D eigenvalue weighted by Crippen LogP contribution is 2.35. The van der Waals surface area contributed by atoms with Crippen molar-refractivity contribution in [2.75, 3.05) is 24.0 Å². The Morgan fingerprint density at radius 1 is 0.559 bits per heavy atom. The summed E-state index contributed by atoms with van der Waals surface area (Å²) in [7, 11) is -3.99. The number of ether oxygens (including phenoxy) is 2. The van der Waals surface area contributed by atoms with Gasteiger partial charge in [0.05, 0.1) is 30.0 Å². The zero-order valence-electron chi connectivity index (χ0n) is 32.6. The first kappa shape index (κ1) is 39.2. The summed E-state index contributed by atoms with van der Waals surface area (Å²) >= 11 is 0. The van der Waals surface area contributed by atoms with E-state index in [1.54, 1.807) is 30.3 Å². The fourth-order valence-electron chi connectivity index (χ4n) is 7.25. The second kappa shape index (κ2) is 18.3. The Balaban J connectivity index is 1.08. The maximum absolute atomic E-state index is 14.5. The van der Waals surface area contributed by atoms with E-state index < -0.39 is 10.0 Å². The number of rotatable bonds is 18. The number of aromatic nitrogens is 1. The van der Waals surface area contributed by atoms with Crippen molar-refractivity contribution in [3.63, 3.8) is 0 Å². The van der Waals surface area contributed by atoms with Crippen LogP contribution in [0.3, 0.4) is 0 Å². The highest BCUT2D eigenvalue weighted by atomic mass is 32.2. The third-order valence-corrected chi connectivity index (χ3v) is 11.9. The van der Waals surface area contributed by atoms with Crippen LogP contribution >= 0.6 is 0 Å². The number of hydrogen-bond acceptors (Lipinski definition) is 6. The molecule has 9 heteroatoms. The quantitative estimate of drug-likeness (QED) is 0.0870. The van der Waals surface area contributed by atoms with Gasteiger partial charge >= 0.3 is 0 Å². The SMILES string of the molecule is O=C(CN(CCOc1ccc2c(c1)[nH]c1ccccc12)Cc1ccccc1)c1ccc(OCc2ccccc2)c(N(Cc2ccccc2)S(=O)(=O)Cc2ccccc2)c1. The summed E-state index contributed by atoms with van der Waals surface area (Å²) in [5, 5.41) is 2.30. The van der Waals surface area contributed by atoms with Crippen LogP contribution in [0.5, 0.6) is 11.5 Å². The number of sulfonamides is 1. The van der Waals surface area contributed by atoms with Gasteiger partial charge in [-0.15, -0.1) is 0 Å². The van der Waals surface area contributed by atoms with E-state index in [1.165, 1.54) is 4.31 Å². The van der Waals surface area contributed by atoms with E-state index in [2.05, 4.69) is 28.1 Å². The molecule has 8 aromatic rings. The number of carbonyl (C=O) groups excluding carboxylic acids is 1. The number of hydrogen-bond donors (Lipinski definition) is 1. The fraction of sp³-hybridized carbons (Fsp3) is 0.140. The van der Waals surface area contributed by atoms with E-state index >= 15 is 0 Å². The van der Waals surface area contributed by atoms with E-state index in [4.69, 9.17) is 9.47 Å². The Hall–Kier alpha value is -6.68. The second-order valence-corrected chi connectivity index (χ2v) is 16.4. The molecule has 0 aliphatic heterocycles. The predicted octanol–water partition coefficient (Wildman–Crippen LogP) is 10.2. The highest BCUT2D eigenvalue weighted by Gasteiger charge is 2.28. The van der Waals surface area contributed by atoms with Crippen LogP contribution < -0.4 is 13.8 Å². The molecule has 0 aliphatic rings. The van der Waals surface area contributed by atoms with Crippen molar-refractivity contribution in [1.82, 2.24) is 9.88 Å². The molecular formula is C50H45N3O5S. The average molecular weight is 800 g/mol. The molecule has 296 valence electrons. The number of para-hydroxylation sites is 1. The van der Waals surface area contributed by atoms with Crippen molar-refractivity contribution >= 4 is 43.3 Å². The number of nitrogens with one attached hydrogen (secondary N) is 1. The number of ketones is 1. The number of anilines is 1. The minimum absolute atomic E-state index is 0.0527. The van der Waals surface area contributed by atoms with Crippen molar-refractivity contribution in [2.45, 2.75) is 25.4 Å². The molecule has 0 amide bonds. The van der Waals surface area contributed by atoms with Gasteiger partial charge in [0.1, 0.15) is 24.7 Å². The van der Waals surface area contributed by atoms with Crippen LogP contribution in [0.2, 0.25) is 0 Å². The summed E-state index contributed by atoms with van der Waals surface area (Å²) in [6.07, 6.45) is 0. The van der Waals surface area contributed by atoms with Crippen LogP contribution in [0.25, 0.3) is 21.8 Å². The summed E-state index contributed by atoms with van der Waals surface area (Å²) in [6, 6.07) is 57.7. The van der Waals surface area contributed by atoms with Gasteiger partial charge in [-0.1, -0.05) is 140 Å². The van der Waals surface area contributed by atoms with Gasteiger partial charge in [0.15, 0.2) is 5.78 Å². The second-order valence-electron chi connectivity index (χ2n) is 14.5. The van der Waals surface area contributed by atoms with Crippen molar-refractivity contribution in [2.24, 2.45) is 0 Å². The lowest BCUT2D eigenvalue weighted by atomic mass is 10.1. The predicted molar refractivity (Wildman–Crippen MR) is 236 cm³/mol. The van der Waals surface area contributed by atoms with Crippen LogP contribution in [-0.2, 0) is 35.5 Å². The van der Waals surface area contributed by atoms with Crippen LogP contribution in [-0.4, -0.2) is 43.8 Å². The van der Waals surface area contributed by atoms with Crippen molar-refractivity contribution in [3.05, 3.63) is 210 Å². The Bertz CT molecular complexity index is 2740. The number of benzene rings is 7. The summed E-state index contributed by atoms with van der Waals surface area (Å²) in [4.78, 5) is 19.9. The molecule has 0 unspecified atom stereocenters. The molecule has 7 aromatic carbocycles. The first-order valence-corrected chi connectivity index (χ1v) is 21.3. The van der Waals surface area contributed by atoms with E-state index in [0.29, 0.717) is 42.3 Å². The van der Waals surface area contributed by atoms with Crippen LogP contribution in [0, 0.1) is 0 Å². The first-order chi connectivity index (χ1) is 28.9. The Kier molecular flexibility index (Phi) is 12.1. The number of nitrogens with zero attached hydrogens (tertiary/aromatic N) is 2. The van der Waals surface area contributed by atoms with Crippen molar-refractivity contribution < 1.29 is 22.7 Å². The van der Waals surface area contributed by atoms with E-state index in [0.717, 1.165) is 44.2 Å². The third-order valence-electron chi connectivity index (χ3n) is 10.3. The molecule has 8 rings (SSSR count). The minimum atomic E-state index is -3.99. The van der Waals surface area contributed by atoms with Gasteiger partial charge in [-0.3, -0.25) is 14.0 Å². The number of Topliss-reactive ketones (excluding diaryl/α,β-unsaturated/α-hetero) is 1. The molecule has 0 spiro atoms. The molecule has 0 bridgehead atoms. The number of aromatic amines is 1. The number of carbonyl (C=O) groups is 1. The molecule has 0 radical (unpaired) electrons. The van der Waals surface area contributed by atoms with E-state index in [-0.39, 0.29) is 31.2 Å². The Morgan fingerprint density at radius 3 is 1.85 bits per heavy atom. The lowest BCUT2D eigenvalue weighted by Gasteiger charge is -2.28. The number of fused-ring (bicyclic) bond motifs is 3. The molecule has 1 heterocycles. The van der Waals surface area contributed by atoms with E-state index in [9.17, 15) is 13.2 Å². The van der Waals surface area contributed by atoms with E-state index in [1.807, 2.05) is 133 Å². The average Bonchev–Trinajstić information content (AvgIpc) is 3.64. The standard InChI is InChI=1S/C50H45N3O5S/c54-49(35-52(33-38-15-5-1-6-16-38)29-30-57-43-26-27-45-44-23-13-14-24-46(44)51-47(45)32-43)42-25-28-50(58-36-40-19-9-3-10-20-40)48(31-42)53(34-39-17-7-2-8-18-39)59(55,56)37-41-21-11-4-12-22-41/h1-28,31-32,51H,29-30,33-37H2. The maximum atomic E-state index is 14.5. The van der Waals surface area contributed by atoms with Gasteiger partial charge in [0.25, 0.3) is 0 Å². The molecule has 0 atom stereocenters. The molecule has 0 aliphatic carbocycles. The van der Waals surface area contributed by atoms with Gasteiger partial charge in [-0.25, -0.2) is 8.42 Å². The van der Waals surface area contributed by atoms with Crippen LogP contribution in [0.4, 0.5) is 5.69 Å². The molecule has 0 saturated carbocycles. The smallest absolute Gasteiger partial charge is 0.239 e. The molecule has 8 nitrogen and oxygen atoms in total. The normalized spacial score (nSPS) is 11.5. The summed E-state index contributed by atoms with van der Waals surface area (Å²) in [5.41, 5.74) is 6.20. The Labute approximate surface area is 345 Å². The largest absolute Gasteiger partial charge is 0.492 e. The maximum Gasteiger partial charge on any atom is 0.239 e. The third kappa shape index (κ3) is 9.90. The van der Waals surface area contributed by atoms with Gasteiger partial charge in [0.2, 0.25) is 10.0 Å². The fourth-order valence-corrected chi connectivity index (χ4v) is 8.81. The molecule has 1 aromatic heterocycles. The summed E-state index contributed by atoms with van der Waals surface area (Å²) < 4.78 is 43.0. The van der Waals surface area contributed by atoms with Crippen molar-refractivity contribution in [3.8, 4) is 11.5 Å². The summed E-state index contributed by atoms with van der Waals surface area (Å²) in [6.45, 7) is 1.70. The Morgan fingerprint density at radius 2 is 1.15 bits per heavy atom. The molecule has 1 N–H and O–H groups in total. The molecule has 0 saturated heterocycles. The minimum Gasteiger partial charge on any atom is -0.492 e. The van der Waals surface area contributed by atoms with Gasteiger partial charge in [-0.05, 0) is 58.7 Å². The zero-order valence-corrected chi connectivity index (χ0v) is 33.4. The topological polar surface area (TPSA) is 91.9 Å². The first-order valence-electron chi connectivity index (χ1n) is 19.7. The van der Waals surface area contributed by atoms with Crippen LogP contribution in [0.1, 0.15) is 32.6 Å². The lowest BCUT2D eigenvalue weighted by molar-refractivity contribution is 0.0912. The highest BCUT2D eigenvalue weighted by molar-refractivity contribution is 7.92. The lowest BCUT2D eigenvalue weighted by Crippen LogP contribution is -2.34. The molecular weight excluding hydrogens is 755 g/mol. The number of H-pyrrole nitrogens is 1. The molecule has 0 fully saturated rings. The zero-order chi connectivity index (χ0) is 40.4. The van der Waals surface area contributed by atoms with Crippen molar-refractivity contribution in [1.29, 1.82) is 0 Å². The van der Waals surface area contributed by atoms with Gasteiger partial charge in [-0.2, -0.15) is 0 Å². The summed E-state index contributed by atoms with van der Waals surface area (Å²) in [5.74, 6) is 0.714. The monoisotopic (exact) mass is 799 g/mol. The van der Waals surface area contributed by atoms with Crippen LogP contribution in [0.15, 0.2) is 182 Å². The molecule has 59 heavy (non-hydrogen) atoms. The van der Waals surface area contributed by atoms with Gasteiger partial charge in [0, 0.05) is 41.0 Å². The van der Waals surface area contributed by atoms with Gasteiger partial charge < -0.3 is 14.5 Å².